The van der Waals surface area contributed by atoms with Crippen LogP contribution < -0.4 is 9.47 Å². The largest absolute Gasteiger partial charge is 0.455 e. The number of halogens is 1. The van der Waals surface area contributed by atoms with Crippen LogP contribution in [0.3, 0.4) is 0 Å². The van der Waals surface area contributed by atoms with Gasteiger partial charge in [0, 0.05) is 15.2 Å². The second-order valence-corrected chi connectivity index (χ2v) is 6.47. The van der Waals surface area contributed by atoms with Crippen molar-refractivity contribution in [3.8, 4) is 22.8 Å². The molecule has 0 N–H and O–H groups in total. The Balaban J connectivity index is 1.45. The van der Waals surface area contributed by atoms with Crippen molar-refractivity contribution in [1.82, 2.24) is 5.16 Å². The molecule has 3 aromatic rings. The molecule has 0 saturated carbocycles. The van der Waals surface area contributed by atoms with Crippen molar-refractivity contribution in [3.05, 3.63) is 63.4 Å². The molecule has 0 radical (unpaired) electrons. The smallest absolute Gasteiger partial charge is 0.339 e. The van der Waals surface area contributed by atoms with Gasteiger partial charge in [-0.1, -0.05) is 17.3 Å². The summed E-state index contributed by atoms with van der Waals surface area (Å²) < 4.78 is 22.1. The molecule has 0 atom stereocenters. The summed E-state index contributed by atoms with van der Waals surface area (Å²) in [5.41, 5.74) is 1.88. The molecule has 0 amide bonds. The molecule has 6 nitrogen and oxygen atoms in total. The molecule has 0 fully saturated rings. The predicted molar refractivity (Wildman–Crippen MR) is 96.3 cm³/mol. The molecule has 0 bridgehead atoms. The summed E-state index contributed by atoms with van der Waals surface area (Å²) in [6, 6.07) is 14.5. The number of carbonyl (C=O) groups excluding carboxylic acids is 1. The molecule has 4 rings (SSSR count). The zero-order valence-electron chi connectivity index (χ0n) is 12.9. The van der Waals surface area contributed by atoms with Crippen LogP contribution in [-0.4, -0.2) is 17.9 Å². The summed E-state index contributed by atoms with van der Waals surface area (Å²) in [5.74, 6) is 1.55. The van der Waals surface area contributed by atoms with E-state index >= 15 is 0 Å². The summed E-state index contributed by atoms with van der Waals surface area (Å²) in [6.07, 6.45) is 0. The zero-order chi connectivity index (χ0) is 17.2. The van der Waals surface area contributed by atoms with Crippen LogP contribution in [0.5, 0.6) is 11.5 Å². The van der Waals surface area contributed by atoms with Gasteiger partial charge in [-0.3, -0.25) is 0 Å². The highest BCUT2D eigenvalue weighted by molar-refractivity contribution is 14.1. The predicted octanol–water partition coefficient (Wildman–Crippen LogP) is 4.03. The first-order chi connectivity index (χ1) is 12.2. The molecular formula is C18H12INO5. The van der Waals surface area contributed by atoms with Gasteiger partial charge < -0.3 is 18.7 Å². The molecule has 1 aromatic heterocycles. The SMILES string of the molecule is O=C(OCc1cc(-c2ccc3c(c2)OCO3)on1)c1ccccc1I. The lowest BCUT2D eigenvalue weighted by molar-refractivity contribution is 0.0463. The summed E-state index contributed by atoms with van der Waals surface area (Å²) in [7, 11) is 0. The van der Waals surface area contributed by atoms with E-state index in [-0.39, 0.29) is 13.4 Å². The molecule has 126 valence electrons. The summed E-state index contributed by atoms with van der Waals surface area (Å²) >= 11 is 2.10. The lowest BCUT2D eigenvalue weighted by Crippen LogP contribution is -2.07. The van der Waals surface area contributed by atoms with Gasteiger partial charge in [0.1, 0.15) is 12.3 Å². The lowest BCUT2D eigenvalue weighted by atomic mass is 10.1. The van der Waals surface area contributed by atoms with E-state index in [1.807, 2.05) is 30.3 Å². The van der Waals surface area contributed by atoms with Gasteiger partial charge in [0.25, 0.3) is 0 Å². The highest BCUT2D eigenvalue weighted by Crippen LogP contribution is 2.36. The van der Waals surface area contributed by atoms with Crippen LogP contribution in [-0.2, 0) is 11.3 Å². The van der Waals surface area contributed by atoms with E-state index in [2.05, 4.69) is 27.7 Å². The maximum absolute atomic E-state index is 12.1. The minimum Gasteiger partial charge on any atom is -0.455 e. The Hall–Kier alpha value is -2.55. The normalized spacial score (nSPS) is 12.2. The molecule has 25 heavy (non-hydrogen) atoms. The number of hydrogen-bond donors (Lipinski definition) is 0. The molecular weight excluding hydrogens is 437 g/mol. The number of rotatable bonds is 4. The Bertz CT molecular complexity index is 937. The van der Waals surface area contributed by atoms with Gasteiger partial charge in [0.2, 0.25) is 6.79 Å². The zero-order valence-corrected chi connectivity index (χ0v) is 15.1. The first kappa shape index (κ1) is 15.9. The average Bonchev–Trinajstić information content (AvgIpc) is 3.28. The third-order valence-electron chi connectivity index (χ3n) is 3.66. The van der Waals surface area contributed by atoms with Crippen molar-refractivity contribution in [2.24, 2.45) is 0 Å². The molecule has 1 aliphatic heterocycles. The molecule has 0 unspecified atom stereocenters. The second-order valence-electron chi connectivity index (χ2n) is 5.31. The van der Waals surface area contributed by atoms with Gasteiger partial charge >= 0.3 is 5.97 Å². The number of hydrogen-bond acceptors (Lipinski definition) is 6. The minimum atomic E-state index is -0.391. The van der Waals surface area contributed by atoms with E-state index < -0.39 is 5.97 Å². The van der Waals surface area contributed by atoms with Crippen LogP contribution >= 0.6 is 22.6 Å². The van der Waals surface area contributed by atoms with Crippen molar-refractivity contribution in [2.75, 3.05) is 6.79 Å². The Labute approximate surface area is 156 Å². The van der Waals surface area contributed by atoms with Crippen LogP contribution in [0.1, 0.15) is 16.1 Å². The number of aromatic nitrogens is 1. The number of nitrogens with zero attached hydrogens (tertiary/aromatic N) is 1. The number of esters is 1. The molecule has 0 saturated heterocycles. The van der Waals surface area contributed by atoms with Crippen molar-refractivity contribution in [2.45, 2.75) is 6.61 Å². The molecule has 0 spiro atoms. The van der Waals surface area contributed by atoms with E-state index in [9.17, 15) is 4.79 Å². The second kappa shape index (κ2) is 6.75. The minimum absolute atomic E-state index is 0.0395. The van der Waals surface area contributed by atoms with Gasteiger partial charge in [0.05, 0.1) is 5.56 Å². The fourth-order valence-electron chi connectivity index (χ4n) is 2.41. The van der Waals surface area contributed by atoms with Gasteiger partial charge in [-0.25, -0.2) is 4.79 Å². The molecule has 2 aromatic carbocycles. The van der Waals surface area contributed by atoms with Crippen LogP contribution in [0.2, 0.25) is 0 Å². The quantitative estimate of drug-likeness (QED) is 0.443. The van der Waals surface area contributed by atoms with E-state index in [0.717, 1.165) is 9.13 Å². The highest BCUT2D eigenvalue weighted by Gasteiger charge is 2.17. The fraction of sp³-hybridized carbons (Fsp3) is 0.111. The third kappa shape index (κ3) is 3.32. The molecule has 2 heterocycles. The van der Waals surface area contributed by atoms with E-state index in [1.165, 1.54) is 0 Å². The van der Waals surface area contributed by atoms with Crippen molar-refractivity contribution in [3.63, 3.8) is 0 Å². The Morgan fingerprint density at radius 1 is 1.12 bits per heavy atom. The van der Waals surface area contributed by atoms with Crippen molar-refractivity contribution < 1.29 is 23.5 Å². The van der Waals surface area contributed by atoms with Gasteiger partial charge in [-0.05, 0) is 52.9 Å². The van der Waals surface area contributed by atoms with E-state index in [1.54, 1.807) is 18.2 Å². The summed E-state index contributed by atoms with van der Waals surface area (Å²) in [4.78, 5) is 12.1. The number of fused-ring (bicyclic) bond motifs is 1. The number of ether oxygens (including phenoxy) is 3. The Morgan fingerprint density at radius 3 is 2.84 bits per heavy atom. The Kier molecular flexibility index (Phi) is 4.31. The van der Waals surface area contributed by atoms with E-state index in [0.29, 0.717) is 28.5 Å². The van der Waals surface area contributed by atoms with Crippen LogP contribution in [0.4, 0.5) is 0 Å². The first-order valence-corrected chi connectivity index (χ1v) is 8.56. The van der Waals surface area contributed by atoms with Crippen LogP contribution in [0, 0.1) is 3.57 Å². The fourth-order valence-corrected chi connectivity index (χ4v) is 3.02. The molecule has 7 heteroatoms. The standard InChI is InChI=1S/C18H12INO5/c19-14-4-2-1-3-13(14)18(21)22-9-12-8-16(25-20-12)11-5-6-15-17(7-11)24-10-23-15/h1-8H,9-10H2. The monoisotopic (exact) mass is 449 g/mol. The highest BCUT2D eigenvalue weighted by atomic mass is 127. The van der Waals surface area contributed by atoms with Crippen molar-refractivity contribution in [1.29, 1.82) is 0 Å². The molecule has 0 aliphatic carbocycles. The maximum Gasteiger partial charge on any atom is 0.339 e. The third-order valence-corrected chi connectivity index (χ3v) is 4.60. The maximum atomic E-state index is 12.1. The van der Waals surface area contributed by atoms with Gasteiger partial charge in [-0.15, -0.1) is 0 Å². The van der Waals surface area contributed by atoms with Crippen LogP contribution in [0.15, 0.2) is 53.1 Å². The summed E-state index contributed by atoms with van der Waals surface area (Å²) in [6.45, 7) is 0.256. The lowest BCUT2D eigenvalue weighted by Gasteiger charge is -2.04. The van der Waals surface area contributed by atoms with E-state index in [4.69, 9.17) is 18.7 Å². The van der Waals surface area contributed by atoms with Gasteiger partial charge in [0.15, 0.2) is 17.3 Å². The average molecular weight is 449 g/mol. The topological polar surface area (TPSA) is 70.8 Å². The molecule has 1 aliphatic rings. The van der Waals surface area contributed by atoms with Crippen molar-refractivity contribution >= 4 is 28.6 Å². The Morgan fingerprint density at radius 2 is 1.96 bits per heavy atom. The number of benzene rings is 2. The van der Waals surface area contributed by atoms with Crippen LogP contribution in [0.25, 0.3) is 11.3 Å². The summed E-state index contributed by atoms with van der Waals surface area (Å²) in [5, 5.41) is 3.95. The number of carbonyl (C=O) groups is 1. The van der Waals surface area contributed by atoms with Gasteiger partial charge in [-0.2, -0.15) is 0 Å². The first-order valence-electron chi connectivity index (χ1n) is 7.48.